The van der Waals surface area contributed by atoms with Gasteiger partial charge in [-0.15, -0.1) is 12.4 Å². The van der Waals surface area contributed by atoms with Gasteiger partial charge in [0.25, 0.3) is 5.91 Å². The highest BCUT2D eigenvalue weighted by atomic mass is 35.5. The zero-order chi connectivity index (χ0) is 26.2. The van der Waals surface area contributed by atoms with Crippen molar-refractivity contribution in [2.45, 2.75) is 32.1 Å². The zero-order valence-electron chi connectivity index (χ0n) is 23.4. The molecule has 236 valence electrons. The number of carbonyl (C=O) groups excluding carboxylic acids is 1. The summed E-state index contributed by atoms with van der Waals surface area (Å²) in [4.78, 5) is 31.0. The molecule has 5 rings (SSSR count). The van der Waals surface area contributed by atoms with Gasteiger partial charge in [0.1, 0.15) is 5.75 Å². The molecule has 2 aromatic carbocycles. The number of rotatable bonds is 6. The highest BCUT2D eigenvalue weighted by Gasteiger charge is 2.21. The quantitative estimate of drug-likeness (QED) is 0.150. The van der Waals surface area contributed by atoms with Crippen LogP contribution in [0, 0.1) is 0 Å². The highest BCUT2D eigenvalue weighted by Crippen LogP contribution is 2.30. The van der Waals surface area contributed by atoms with E-state index in [-0.39, 0.29) is 48.2 Å². The lowest BCUT2D eigenvalue weighted by molar-refractivity contribution is 0.102. The number of aliphatic hydroxyl groups is 1. The van der Waals surface area contributed by atoms with Gasteiger partial charge in [-0.2, -0.15) is 15.0 Å². The van der Waals surface area contributed by atoms with Crippen molar-refractivity contribution < 1.29 is 20.7 Å². The Morgan fingerprint density at radius 3 is 1.85 bits per heavy atom. The second kappa shape index (κ2) is 18.1. The van der Waals surface area contributed by atoms with Gasteiger partial charge < -0.3 is 49.1 Å². The molecule has 2 saturated heterocycles. The summed E-state index contributed by atoms with van der Waals surface area (Å²) in [6.45, 7) is 3.74. The number of benzene rings is 2. The molecular formula is C26H50Cl2N10O3. The number of nitrogens with zero attached hydrogens (tertiary/aromatic N) is 5. The first-order valence-corrected chi connectivity index (χ1v) is 12.8. The van der Waals surface area contributed by atoms with Gasteiger partial charge in [-0.05, 0) is 68.5 Å². The predicted octanol–water partition coefficient (Wildman–Crippen LogP) is 6.32. The molecule has 13 N–H and O–H groups in total. The fourth-order valence-electron chi connectivity index (χ4n) is 4.34. The monoisotopic (exact) mass is 620 g/mol. The van der Waals surface area contributed by atoms with Crippen LogP contribution in [0.2, 0.25) is 5.02 Å². The molecule has 13 nitrogen and oxygen atoms in total. The van der Waals surface area contributed by atoms with Gasteiger partial charge in [-0.3, -0.25) is 4.79 Å². The lowest BCUT2D eigenvalue weighted by Gasteiger charge is -2.27. The fourth-order valence-corrected chi connectivity index (χ4v) is 4.47. The molecule has 0 spiro atoms. The molecule has 2 aliphatic rings. The molecule has 1 aromatic heterocycles. The van der Waals surface area contributed by atoms with Crippen molar-refractivity contribution in [2.75, 3.05) is 53.7 Å². The lowest BCUT2D eigenvalue weighted by atomic mass is 10.1. The van der Waals surface area contributed by atoms with Crippen LogP contribution in [0.4, 0.5) is 29.2 Å². The number of hydrogen-bond acceptors (Lipinski definition) is 12. The molecule has 15 heteroatoms. The topological polar surface area (TPSA) is 232 Å². The van der Waals surface area contributed by atoms with Crippen molar-refractivity contribution in [2.24, 2.45) is 0 Å². The van der Waals surface area contributed by atoms with Gasteiger partial charge in [0.2, 0.25) is 17.8 Å². The average molecular weight is 622 g/mol. The van der Waals surface area contributed by atoms with Crippen LogP contribution >= 0.6 is 24.0 Å². The van der Waals surface area contributed by atoms with Crippen LogP contribution in [0.5, 0.6) is 5.75 Å². The van der Waals surface area contributed by atoms with Crippen molar-refractivity contribution in [3.05, 3.63) is 53.1 Å². The maximum absolute atomic E-state index is 12.5. The minimum Gasteiger partial charge on any atom is -0.506 e. The Morgan fingerprint density at radius 2 is 1.34 bits per heavy atom. The summed E-state index contributed by atoms with van der Waals surface area (Å²) in [6, 6.07) is 11.5. The normalized spacial score (nSPS) is 13.6. The molecule has 2 aliphatic heterocycles. The first-order chi connectivity index (χ1) is 18.0. The molecule has 1 amide bonds. The van der Waals surface area contributed by atoms with Crippen LogP contribution in [-0.4, -0.2) is 64.4 Å². The largest absolute Gasteiger partial charge is 0.506 e. The van der Waals surface area contributed by atoms with E-state index in [1.54, 1.807) is 36.4 Å². The molecule has 0 aliphatic carbocycles. The van der Waals surface area contributed by atoms with E-state index in [0.29, 0.717) is 39.8 Å². The Labute approximate surface area is 257 Å². The summed E-state index contributed by atoms with van der Waals surface area (Å²) < 4.78 is 0. The first kappa shape index (κ1) is 37.5. The summed E-state index contributed by atoms with van der Waals surface area (Å²) in [5.41, 5.74) is 1.36. The van der Waals surface area contributed by atoms with Crippen molar-refractivity contribution in [1.82, 2.24) is 33.4 Å². The number of nitrogens with one attached hydrogen (secondary N) is 2. The molecule has 0 bridgehead atoms. The van der Waals surface area contributed by atoms with Crippen LogP contribution in [0.1, 0.15) is 48.2 Å². The van der Waals surface area contributed by atoms with Gasteiger partial charge in [0.05, 0.1) is 5.69 Å². The maximum Gasteiger partial charge on any atom is 0.255 e. The maximum atomic E-state index is 12.5. The number of aromatic hydroxyl groups is 1. The Morgan fingerprint density at radius 1 is 0.829 bits per heavy atom. The van der Waals surface area contributed by atoms with E-state index in [0.717, 1.165) is 59.0 Å². The number of phenolic OH excluding ortho intramolecular Hbond substituents is 1. The van der Waals surface area contributed by atoms with E-state index in [9.17, 15) is 9.90 Å². The van der Waals surface area contributed by atoms with E-state index >= 15 is 0 Å². The summed E-state index contributed by atoms with van der Waals surface area (Å²) in [7, 11) is 1.00. The summed E-state index contributed by atoms with van der Waals surface area (Å²) in [5, 5.41) is 24.0. The van der Waals surface area contributed by atoms with Gasteiger partial charge in [0, 0.05) is 61.3 Å². The van der Waals surface area contributed by atoms with Crippen molar-refractivity contribution in [3.63, 3.8) is 0 Å². The molecule has 3 heterocycles. The summed E-state index contributed by atoms with van der Waals surface area (Å²) >= 11 is 5.89. The third-order valence-electron chi connectivity index (χ3n) is 6.25. The Bertz CT molecular complexity index is 1230. The number of hydrogen-bond donors (Lipinski definition) is 7. The van der Waals surface area contributed by atoms with Crippen molar-refractivity contribution >= 4 is 59.1 Å². The number of amides is 1. The number of phenols is 1. The molecule has 0 unspecified atom stereocenters. The Hall–Kier alpha value is -3.46. The molecule has 41 heavy (non-hydrogen) atoms. The lowest BCUT2D eigenvalue weighted by Crippen LogP contribution is -2.32. The van der Waals surface area contributed by atoms with Gasteiger partial charge in [-0.1, -0.05) is 11.6 Å². The van der Waals surface area contributed by atoms with Crippen molar-refractivity contribution in [1.29, 1.82) is 0 Å². The number of piperidine rings is 1. The number of aliphatic hydroxyl groups excluding tert-OH is 1. The summed E-state index contributed by atoms with van der Waals surface area (Å²) in [5.74, 6) is 1.38. The fraction of sp³-hybridized carbons (Fsp3) is 0.385. The molecule has 3 aromatic rings. The van der Waals surface area contributed by atoms with Crippen LogP contribution in [0.25, 0.3) is 0 Å². The second-order valence-corrected chi connectivity index (χ2v) is 9.26. The van der Waals surface area contributed by atoms with Gasteiger partial charge in [-0.25, -0.2) is 0 Å². The van der Waals surface area contributed by atoms with E-state index in [1.807, 2.05) is 0 Å². The SMILES string of the molecule is CO.Cl.N.N.N.O=C(Nc1ccc(Nc2nc(N3CCCCC3)nc(N3CCCC3)n2)cc1O)c1ccc(Cl)cc1.[HH].[HH].[HH].[HH]. The smallest absolute Gasteiger partial charge is 0.255 e. The molecule has 0 saturated carbocycles. The van der Waals surface area contributed by atoms with E-state index in [1.165, 1.54) is 12.5 Å². The number of anilines is 5. The highest BCUT2D eigenvalue weighted by molar-refractivity contribution is 6.30. The second-order valence-electron chi connectivity index (χ2n) is 8.82. The third-order valence-corrected chi connectivity index (χ3v) is 6.50. The van der Waals surface area contributed by atoms with E-state index in [2.05, 4.69) is 30.4 Å². The van der Waals surface area contributed by atoms with Crippen LogP contribution in [0.3, 0.4) is 0 Å². The third kappa shape index (κ3) is 9.85. The minimum atomic E-state index is -0.337. The molecule has 2 fully saturated rings. The molecular weight excluding hydrogens is 571 g/mol. The number of carbonyl (C=O) groups is 1. The van der Waals surface area contributed by atoms with Crippen molar-refractivity contribution in [3.8, 4) is 5.75 Å². The van der Waals surface area contributed by atoms with Crippen LogP contribution in [-0.2, 0) is 0 Å². The minimum absolute atomic E-state index is 0. The van der Waals surface area contributed by atoms with Gasteiger partial charge >= 0.3 is 0 Å². The standard InChI is InChI=1S/C25H28ClN7O2.CH4O.ClH.3H3N.4H2/c26-18-8-6-17(7-9-18)22(35)28-20-11-10-19(16-21(20)34)27-23-29-24(32-12-2-1-3-13-32)31-25(30-23)33-14-4-5-15-33;1-2;;;;;;;;/h6-11,16,34H,1-5,12-15H2,(H,28,35)(H,27,29,30,31);2H,1H3;1H;3*1H3;4*1H. The summed E-state index contributed by atoms with van der Waals surface area (Å²) in [6.07, 6.45) is 5.75. The predicted molar refractivity (Wildman–Crippen MR) is 177 cm³/mol. The number of aromatic nitrogens is 3. The number of halogens is 2. The van der Waals surface area contributed by atoms with Crippen LogP contribution < -0.4 is 38.9 Å². The Kier molecular flexibility index (Phi) is 16.5. The Balaban J connectivity index is -0.000000523. The van der Waals surface area contributed by atoms with Gasteiger partial charge in [0.15, 0.2) is 0 Å². The molecule has 0 radical (unpaired) electrons. The van der Waals surface area contributed by atoms with E-state index < -0.39 is 0 Å². The average Bonchev–Trinajstić information content (AvgIpc) is 3.47. The first-order valence-electron chi connectivity index (χ1n) is 12.4. The van der Waals surface area contributed by atoms with Crippen LogP contribution in [0.15, 0.2) is 42.5 Å². The zero-order valence-corrected chi connectivity index (χ0v) is 24.9. The molecule has 0 atom stereocenters. The van der Waals surface area contributed by atoms with E-state index in [4.69, 9.17) is 21.7 Å².